The molecule has 0 bridgehead atoms. The molecule has 130 valence electrons. The third kappa shape index (κ3) is 6.16. The number of unbranched alkanes of at least 4 members (excludes halogenated alkanes) is 3. The van der Waals surface area contributed by atoms with E-state index in [0.29, 0.717) is 18.1 Å². The minimum atomic E-state index is -0.226. The van der Waals surface area contributed by atoms with Crippen LogP contribution in [0.3, 0.4) is 0 Å². The number of urea groups is 1. The van der Waals surface area contributed by atoms with Crippen LogP contribution in [0.25, 0.3) is 0 Å². The number of benzene rings is 1. The highest BCUT2D eigenvalue weighted by atomic mass is 32.1. The molecule has 0 fully saturated rings. The van der Waals surface area contributed by atoms with Crippen LogP contribution in [-0.4, -0.2) is 29.9 Å². The fourth-order valence-electron chi connectivity index (χ4n) is 2.23. The molecule has 2 aromatic rings. The number of rotatable bonds is 9. The summed E-state index contributed by atoms with van der Waals surface area (Å²) < 4.78 is 5.21. The van der Waals surface area contributed by atoms with E-state index in [1.165, 1.54) is 24.2 Å². The molecule has 0 aliphatic carbocycles. The van der Waals surface area contributed by atoms with Crippen molar-refractivity contribution in [1.82, 2.24) is 15.5 Å². The number of methoxy groups -OCH3 is 1. The van der Waals surface area contributed by atoms with Crippen LogP contribution in [0.4, 0.5) is 9.93 Å². The maximum Gasteiger partial charge on any atom is 0.321 e. The Hall–Kier alpha value is -2.15. The van der Waals surface area contributed by atoms with Crippen molar-refractivity contribution < 1.29 is 9.53 Å². The van der Waals surface area contributed by atoms with Crippen LogP contribution in [0, 0.1) is 0 Å². The molecule has 1 aromatic carbocycles. The Morgan fingerprint density at radius 2 is 2.12 bits per heavy atom. The summed E-state index contributed by atoms with van der Waals surface area (Å²) in [4.78, 5) is 11.8. The number of ether oxygens (including phenoxy) is 1. The van der Waals surface area contributed by atoms with Crippen molar-refractivity contribution in [1.29, 1.82) is 0 Å². The Bertz CT molecular complexity index is 645. The van der Waals surface area contributed by atoms with Gasteiger partial charge in [0.2, 0.25) is 5.13 Å². The molecule has 2 rings (SSSR count). The van der Waals surface area contributed by atoms with Crippen LogP contribution in [0.1, 0.15) is 43.2 Å². The Balaban J connectivity index is 1.79. The number of carbonyl (C=O) groups excluding carboxylic acids is 1. The zero-order chi connectivity index (χ0) is 17.2. The molecule has 0 spiro atoms. The lowest BCUT2D eigenvalue weighted by atomic mass is 10.1. The Morgan fingerprint density at radius 3 is 2.92 bits per heavy atom. The molecule has 2 N–H and O–H groups in total. The van der Waals surface area contributed by atoms with Crippen LogP contribution in [0.5, 0.6) is 5.75 Å². The number of hydrogen-bond donors (Lipinski definition) is 2. The standard InChI is InChI=1S/C17H24N4O2S/c1-3-4-5-6-10-18-16(22)19-17-21-20-15(24-17)12-13-8-7-9-14(11-13)23-2/h7-9,11H,3-6,10,12H2,1-2H3,(H2,18,19,21,22). The number of anilines is 1. The minimum absolute atomic E-state index is 0.226. The number of carbonyl (C=O) groups is 1. The van der Waals surface area contributed by atoms with E-state index in [1.807, 2.05) is 24.3 Å². The molecule has 0 unspecified atom stereocenters. The van der Waals surface area contributed by atoms with Crippen molar-refractivity contribution in [3.63, 3.8) is 0 Å². The quantitative estimate of drug-likeness (QED) is 0.675. The van der Waals surface area contributed by atoms with Gasteiger partial charge in [0, 0.05) is 13.0 Å². The van der Waals surface area contributed by atoms with Crippen LogP contribution in [0.15, 0.2) is 24.3 Å². The van der Waals surface area contributed by atoms with Gasteiger partial charge in [-0.15, -0.1) is 10.2 Å². The second-order valence-corrected chi connectivity index (χ2v) is 6.53. The molecule has 1 heterocycles. The predicted octanol–water partition coefficient (Wildman–Crippen LogP) is 3.84. The van der Waals surface area contributed by atoms with Crippen molar-refractivity contribution in [2.24, 2.45) is 0 Å². The Labute approximate surface area is 146 Å². The molecule has 7 heteroatoms. The first-order chi connectivity index (χ1) is 11.7. The monoisotopic (exact) mass is 348 g/mol. The van der Waals surface area contributed by atoms with Crippen LogP contribution < -0.4 is 15.4 Å². The van der Waals surface area contributed by atoms with Crippen molar-refractivity contribution in [3.05, 3.63) is 34.8 Å². The molecule has 0 saturated carbocycles. The molecule has 0 aliphatic rings. The molecule has 1 aromatic heterocycles. The normalized spacial score (nSPS) is 10.4. The van der Waals surface area contributed by atoms with Gasteiger partial charge in [-0.25, -0.2) is 4.79 Å². The van der Waals surface area contributed by atoms with E-state index in [4.69, 9.17) is 4.74 Å². The van der Waals surface area contributed by atoms with Crippen LogP contribution in [0.2, 0.25) is 0 Å². The van der Waals surface area contributed by atoms with E-state index in [9.17, 15) is 4.79 Å². The maximum absolute atomic E-state index is 11.8. The summed E-state index contributed by atoms with van der Waals surface area (Å²) in [6, 6.07) is 7.61. The van der Waals surface area contributed by atoms with Gasteiger partial charge in [0.25, 0.3) is 0 Å². The molecule has 24 heavy (non-hydrogen) atoms. The van der Waals surface area contributed by atoms with Gasteiger partial charge in [0.1, 0.15) is 10.8 Å². The molecule has 0 radical (unpaired) electrons. The summed E-state index contributed by atoms with van der Waals surface area (Å²) >= 11 is 1.38. The van der Waals surface area contributed by atoms with Crippen LogP contribution in [-0.2, 0) is 6.42 Å². The van der Waals surface area contributed by atoms with E-state index < -0.39 is 0 Å². The minimum Gasteiger partial charge on any atom is -0.497 e. The summed E-state index contributed by atoms with van der Waals surface area (Å²) in [6.07, 6.45) is 5.19. The van der Waals surface area contributed by atoms with Crippen molar-refractivity contribution >= 4 is 22.5 Å². The molecule has 2 amide bonds. The average molecular weight is 348 g/mol. The first kappa shape index (κ1) is 18.2. The lowest BCUT2D eigenvalue weighted by Crippen LogP contribution is -2.29. The van der Waals surface area contributed by atoms with Gasteiger partial charge in [-0.1, -0.05) is 49.7 Å². The van der Waals surface area contributed by atoms with Crippen molar-refractivity contribution in [3.8, 4) is 5.75 Å². The van der Waals surface area contributed by atoms with Gasteiger partial charge in [0.05, 0.1) is 7.11 Å². The van der Waals surface area contributed by atoms with Gasteiger partial charge in [-0.05, 0) is 24.1 Å². The Kier molecular flexibility index (Phi) is 7.48. The highest BCUT2D eigenvalue weighted by molar-refractivity contribution is 7.15. The zero-order valence-corrected chi connectivity index (χ0v) is 15.0. The van der Waals surface area contributed by atoms with E-state index >= 15 is 0 Å². The number of nitrogens with one attached hydrogen (secondary N) is 2. The van der Waals surface area contributed by atoms with Gasteiger partial charge in [-0.2, -0.15) is 0 Å². The van der Waals surface area contributed by atoms with Crippen molar-refractivity contribution in [2.75, 3.05) is 19.0 Å². The van der Waals surface area contributed by atoms with Crippen LogP contribution >= 0.6 is 11.3 Å². The molecule has 0 saturated heterocycles. The highest BCUT2D eigenvalue weighted by Gasteiger charge is 2.08. The molecule has 0 aliphatic heterocycles. The van der Waals surface area contributed by atoms with Crippen molar-refractivity contribution in [2.45, 2.75) is 39.0 Å². The number of nitrogens with zero attached hydrogens (tertiary/aromatic N) is 2. The topological polar surface area (TPSA) is 76.1 Å². The van der Waals surface area contributed by atoms with E-state index in [-0.39, 0.29) is 6.03 Å². The third-order valence-corrected chi connectivity index (χ3v) is 4.33. The van der Waals surface area contributed by atoms with Gasteiger partial charge in [-0.3, -0.25) is 5.32 Å². The second-order valence-electron chi connectivity index (χ2n) is 5.47. The van der Waals surface area contributed by atoms with E-state index in [1.54, 1.807) is 7.11 Å². The van der Waals surface area contributed by atoms with E-state index in [0.717, 1.165) is 29.2 Å². The molecule has 0 atom stereocenters. The fraction of sp³-hybridized carbons (Fsp3) is 0.471. The summed E-state index contributed by atoms with van der Waals surface area (Å²) in [6.45, 7) is 2.85. The summed E-state index contributed by atoms with van der Waals surface area (Å²) in [7, 11) is 1.65. The lowest BCUT2D eigenvalue weighted by Gasteiger charge is -2.04. The predicted molar refractivity (Wildman–Crippen MR) is 96.9 cm³/mol. The van der Waals surface area contributed by atoms with Gasteiger partial charge < -0.3 is 10.1 Å². The first-order valence-corrected chi connectivity index (χ1v) is 9.03. The molecule has 6 nitrogen and oxygen atoms in total. The number of amides is 2. The number of aromatic nitrogens is 2. The van der Waals surface area contributed by atoms with Gasteiger partial charge >= 0.3 is 6.03 Å². The fourth-order valence-corrected chi connectivity index (χ4v) is 3.00. The molecular weight excluding hydrogens is 324 g/mol. The van der Waals surface area contributed by atoms with E-state index in [2.05, 4.69) is 27.8 Å². The number of hydrogen-bond acceptors (Lipinski definition) is 5. The summed E-state index contributed by atoms with van der Waals surface area (Å²) in [5, 5.41) is 15.1. The largest absolute Gasteiger partial charge is 0.497 e. The highest BCUT2D eigenvalue weighted by Crippen LogP contribution is 2.20. The smallest absolute Gasteiger partial charge is 0.321 e. The maximum atomic E-state index is 11.8. The lowest BCUT2D eigenvalue weighted by molar-refractivity contribution is 0.252. The Morgan fingerprint density at radius 1 is 1.25 bits per heavy atom. The summed E-state index contributed by atoms with van der Waals surface area (Å²) in [5.41, 5.74) is 1.09. The summed E-state index contributed by atoms with van der Waals surface area (Å²) in [5.74, 6) is 0.817. The zero-order valence-electron chi connectivity index (χ0n) is 14.2. The van der Waals surface area contributed by atoms with Gasteiger partial charge in [0.15, 0.2) is 0 Å². The molecular formula is C17H24N4O2S. The third-order valence-electron chi connectivity index (χ3n) is 3.49. The first-order valence-electron chi connectivity index (χ1n) is 8.21. The average Bonchev–Trinajstić information content (AvgIpc) is 3.01. The second kappa shape index (κ2) is 9.87. The SMILES string of the molecule is CCCCCCNC(=O)Nc1nnc(Cc2cccc(OC)c2)s1.